The van der Waals surface area contributed by atoms with Crippen LogP contribution in [0.25, 0.3) is 10.9 Å². The van der Waals surface area contributed by atoms with Gasteiger partial charge in [0.2, 0.25) is 0 Å². The summed E-state index contributed by atoms with van der Waals surface area (Å²) >= 11 is 0. The first-order valence-corrected chi connectivity index (χ1v) is 10.8. The fourth-order valence-corrected chi connectivity index (χ4v) is 5.18. The normalized spacial score (nSPS) is 27.2. The van der Waals surface area contributed by atoms with E-state index in [9.17, 15) is 14.0 Å². The van der Waals surface area contributed by atoms with Crippen LogP contribution in [-0.2, 0) is 4.74 Å². The fraction of sp³-hybridized carbons (Fsp3) is 0.545. The molecule has 3 aliphatic rings. The van der Waals surface area contributed by atoms with Crippen molar-refractivity contribution in [3.8, 4) is 0 Å². The Morgan fingerprint density at radius 2 is 2.13 bits per heavy atom. The van der Waals surface area contributed by atoms with Crippen molar-refractivity contribution in [1.29, 1.82) is 0 Å². The molecule has 5 rings (SSSR count). The molecular weight excluding hydrogens is 387 g/mol. The maximum atomic E-state index is 14.1. The van der Waals surface area contributed by atoms with E-state index in [1.165, 1.54) is 6.07 Å². The first-order valence-electron chi connectivity index (χ1n) is 10.8. The Hall–Kier alpha value is -2.61. The number of ether oxygens (including phenoxy) is 1. The lowest BCUT2D eigenvalue weighted by atomic mass is 9.89. The zero-order valence-electron chi connectivity index (χ0n) is 17.1. The highest BCUT2D eigenvalue weighted by Gasteiger charge is 2.40. The molecule has 0 radical (unpaired) electrons. The first kappa shape index (κ1) is 19.4. The van der Waals surface area contributed by atoms with Gasteiger partial charge in [-0.25, -0.2) is 9.18 Å². The van der Waals surface area contributed by atoms with Gasteiger partial charge >= 0.3 is 6.09 Å². The van der Waals surface area contributed by atoms with Crippen LogP contribution >= 0.6 is 0 Å². The second-order valence-electron chi connectivity index (χ2n) is 8.75. The predicted molar refractivity (Wildman–Crippen MR) is 110 cm³/mol. The van der Waals surface area contributed by atoms with Crippen LogP contribution in [0.5, 0.6) is 0 Å². The molecule has 2 aromatic rings. The van der Waals surface area contributed by atoms with Crippen molar-refractivity contribution in [2.24, 2.45) is 0 Å². The quantitative estimate of drug-likeness (QED) is 0.810. The number of H-pyrrole nitrogens is 1. The van der Waals surface area contributed by atoms with E-state index in [0.717, 1.165) is 44.3 Å². The van der Waals surface area contributed by atoms with Crippen LogP contribution in [0.2, 0.25) is 0 Å². The number of hydrogen-bond donors (Lipinski definition) is 2. The molecule has 160 valence electrons. The molecular formula is C22H27FN4O3. The molecule has 1 aromatic heterocycles. The van der Waals surface area contributed by atoms with Crippen molar-refractivity contribution in [1.82, 2.24) is 20.1 Å². The molecule has 0 spiro atoms. The maximum absolute atomic E-state index is 14.1. The highest BCUT2D eigenvalue weighted by molar-refractivity contribution is 5.99. The monoisotopic (exact) mass is 414 g/mol. The predicted octanol–water partition coefficient (Wildman–Crippen LogP) is 2.79. The Labute approximate surface area is 174 Å². The molecule has 2 N–H and O–H groups in total. The lowest BCUT2D eigenvalue weighted by Gasteiger charge is -2.43. The van der Waals surface area contributed by atoms with Gasteiger partial charge in [-0.3, -0.25) is 14.6 Å². The average molecular weight is 414 g/mol. The minimum absolute atomic E-state index is 0.0908. The zero-order chi connectivity index (χ0) is 20.8. The van der Waals surface area contributed by atoms with E-state index in [2.05, 4.69) is 15.2 Å². The van der Waals surface area contributed by atoms with Crippen molar-refractivity contribution < 1.29 is 18.7 Å². The minimum Gasteiger partial charge on any atom is -0.447 e. The van der Waals surface area contributed by atoms with E-state index in [1.807, 2.05) is 11.8 Å². The molecule has 7 nitrogen and oxygen atoms in total. The molecule has 3 heterocycles. The topological polar surface area (TPSA) is 77.7 Å². The molecule has 3 fully saturated rings. The van der Waals surface area contributed by atoms with E-state index in [-0.39, 0.29) is 29.9 Å². The summed E-state index contributed by atoms with van der Waals surface area (Å²) in [6.45, 7) is 4.75. The van der Waals surface area contributed by atoms with Gasteiger partial charge in [0.15, 0.2) is 0 Å². The lowest BCUT2D eigenvalue weighted by molar-refractivity contribution is 0.0630. The van der Waals surface area contributed by atoms with Crippen LogP contribution < -0.4 is 5.32 Å². The van der Waals surface area contributed by atoms with Crippen molar-refractivity contribution >= 4 is 22.9 Å². The molecule has 1 aliphatic carbocycles. The number of halogens is 1. The second kappa shape index (κ2) is 7.58. The SMILES string of the molecule is Cc1ccc(F)c2cc(C(=O)N[C@@H]3CCC[C@H](N4CCN5C(=O)OC[C@H]5C4)C3)[nH]c12. The number of aromatic amines is 1. The number of piperazine rings is 1. The smallest absolute Gasteiger partial charge is 0.410 e. The average Bonchev–Trinajstić information content (AvgIpc) is 3.36. The van der Waals surface area contributed by atoms with Gasteiger partial charge in [0.05, 0.1) is 11.6 Å². The van der Waals surface area contributed by atoms with E-state index < -0.39 is 0 Å². The molecule has 0 bridgehead atoms. The van der Waals surface area contributed by atoms with Gasteiger partial charge in [0.1, 0.15) is 18.1 Å². The molecule has 8 heteroatoms. The van der Waals surface area contributed by atoms with E-state index in [4.69, 9.17) is 4.74 Å². The third kappa shape index (κ3) is 3.43. The Balaban J connectivity index is 1.23. The minimum atomic E-state index is -0.322. The summed E-state index contributed by atoms with van der Waals surface area (Å²) in [5.41, 5.74) is 1.99. The van der Waals surface area contributed by atoms with Gasteiger partial charge in [-0.1, -0.05) is 6.07 Å². The number of aromatic nitrogens is 1. The molecule has 2 aliphatic heterocycles. The molecule has 0 unspecified atom stereocenters. The summed E-state index contributed by atoms with van der Waals surface area (Å²) in [5, 5.41) is 3.60. The number of fused-ring (bicyclic) bond motifs is 2. The van der Waals surface area contributed by atoms with Crippen molar-refractivity contribution in [3.63, 3.8) is 0 Å². The summed E-state index contributed by atoms with van der Waals surface area (Å²) < 4.78 is 19.3. The summed E-state index contributed by atoms with van der Waals surface area (Å²) in [7, 11) is 0. The van der Waals surface area contributed by atoms with Crippen LogP contribution in [0.3, 0.4) is 0 Å². The summed E-state index contributed by atoms with van der Waals surface area (Å²) in [5.74, 6) is -0.507. The molecule has 1 saturated carbocycles. The van der Waals surface area contributed by atoms with Gasteiger partial charge in [0.25, 0.3) is 5.91 Å². The largest absolute Gasteiger partial charge is 0.447 e. The van der Waals surface area contributed by atoms with E-state index in [0.29, 0.717) is 35.8 Å². The molecule has 2 amide bonds. The number of carbonyl (C=O) groups excluding carboxylic acids is 2. The molecule has 3 atom stereocenters. The van der Waals surface area contributed by atoms with Gasteiger partial charge < -0.3 is 15.0 Å². The zero-order valence-corrected chi connectivity index (χ0v) is 17.1. The Kier molecular flexibility index (Phi) is 4.89. The van der Waals surface area contributed by atoms with E-state index >= 15 is 0 Å². The number of nitrogens with zero attached hydrogens (tertiary/aromatic N) is 2. The number of benzene rings is 1. The van der Waals surface area contributed by atoms with Crippen molar-refractivity contribution in [3.05, 3.63) is 35.3 Å². The third-order valence-corrected chi connectivity index (χ3v) is 6.84. The number of cyclic esters (lactones) is 1. The van der Waals surface area contributed by atoms with Crippen LogP contribution in [-0.4, -0.2) is 71.2 Å². The lowest BCUT2D eigenvalue weighted by Crippen LogP contribution is -2.56. The van der Waals surface area contributed by atoms with Crippen LogP contribution in [0.15, 0.2) is 18.2 Å². The highest BCUT2D eigenvalue weighted by atomic mass is 19.1. The molecule has 2 saturated heterocycles. The van der Waals surface area contributed by atoms with Crippen LogP contribution in [0, 0.1) is 12.7 Å². The molecule has 1 aromatic carbocycles. The second-order valence-corrected chi connectivity index (χ2v) is 8.75. The number of rotatable bonds is 3. The van der Waals surface area contributed by atoms with Crippen molar-refractivity contribution in [2.45, 2.75) is 50.7 Å². The van der Waals surface area contributed by atoms with Gasteiger partial charge in [-0.2, -0.15) is 0 Å². The molecule has 30 heavy (non-hydrogen) atoms. The van der Waals surface area contributed by atoms with Gasteiger partial charge in [-0.05, 0) is 50.3 Å². The summed E-state index contributed by atoms with van der Waals surface area (Å²) in [4.78, 5) is 31.9. The number of amides is 2. The summed E-state index contributed by atoms with van der Waals surface area (Å²) in [6, 6.07) is 5.37. The van der Waals surface area contributed by atoms with E-state index in [1.54, 1.807) is 12.1 Å². The van der Waals surface area contributed by atoms with Crippen molar-refractivity contribution in [2.75, 3.05) is 26.2 Å². The number of carbonyl (C=O) groups is 2. The fourth-order valence-electron chi connectivity index (χ4n) is 5.18. The van der Waals surface area contributed by atoms with Crippen LogP contribution in [0.4, 0.5) is 9.18 Å². The number of nitrogens with one attached hydrogen (secondary N) is 2. The Bertz CT molecular complexity index is 951. The van der Waals surface area contributed by atoms with Gasteiger partial charge in [0, 0.05) is 37.1 Å². The standard InChI is InChI=1S/C22H27FN4O3/c1-13-5-6-18(23)17-10-19(25-20(13)17)21(28)24-14-3-2-4-15(9-14)26-7-8-27-16(11-26)12-30-22(27)29/h5-6,10,14-16,25H,2-4,7-9,11-12H2,1H3,(H,24,28)/t14-,15+,16-/m1/s1. The number of aryl methyl sites for hydroxylation is 1. The number of hydrogen-bond acceptors (Lipinski definition) is 4. The highest BCUT2D eigenvalue weighted by Crippen LogP contribution is 2.28. The summed E-state index contributed by atoms with van der Waals surface area (Å²) in [6.07, 6.45) is 3.79. The Morgan fingerprint density at radius 3 is 2.97 bits per heavy atom. The van der Waals surface area contributed by atoms with Crippen LogP contribution in [0.1, 0.15) is 41.7 Å². The Morgan fingerprint density at radius 1 is 1.27 bits per heavy atom. The third-order valence-electron chi connectivity index (χ3n) is 6.84. The first-order chi connectivity index (χ1) is 14.5. The van der Waals surface area contributed by atoms with Gasteiger partial charge in [-0.15, -0.1) is 0 Å². The maximum Gasteiger partial charge on any atom is 0.410 e.